The largest absolute Gasteiger partial charge is 0.478 e. The summed E-state index contributed by atoms with van der Waals surface area (Å²) in [5.74, 6) is 1.10. The van der Waals surface area contributed by atoms with Crippen LogP contribution in [0.3, 0.4) is 0 Å². The van der Waals surface area contributed by atoms with Gasteiger partial charge in [-0.15, -0.1) is 6.42 Å². The number of terminal acetylenes is 1. The van der Waals surface area contributed by atoms with E-state index in [0.29, 0.717) is 10.0 Å². The van der Waals surface area contributed by atoms with Crippen LogP contribution in [0.2, 0.25) is 0 Å². The van der Waals surface area contributed by atoms with E-state index in [-0.39, 0.29) is 23.5 Å². The fourth-order valence-electron chi connectivity index (χ4n) is 1.64. The number of hydrogen-bond donors (Lipinski definition) is 1. The first-order chi connectivity index (χ1) is 9.25. The van der Waals surface area contributed by atoms with Gasteiger partial charge in [0.25, 0.3) is 0 Å². The Hall–Kier alpha value is -1.36. The molecule has 0 aliphatic heterocycles. The topological polar surface area (TPSA) is 74.7 Å². The maximum Gasteiger partial charge on any atom is 0.336 e. The van der Waals surface area contributed by atoms with Crippen LogP contribution in [0.1, 0.15) is 22.8 Å². The first-order valence-electron chi connectivity index (χ1n) is 5.72. The van der Waals surface area contributed by atoms with E-state index in [9.17, 15) is 13.2 Å². The van der Waals surface area contributed by atoms with Crippen molar-refractivity contribution >= 4 is 31.9 Å². The molecule has 1 rings (SSSR count). The number of sulfonamides is 1. The lowest BCUT2D eigenvalue weighted by molar-refractivity contribution is 0.0695. The highest BCUT2D eigenvalue weighted by Crippen LogP contribution is 2.26. The van der Waals surface area contributed by atoms with Gasteiger partial charge in [-0.3, -0.25) is 0 Å². The van der Waals surface area contributed by atoms with Gasteiger partial charge in [-0.05, 0) is 24.6 Å². The quantitative estimate of drug-likeness (QED) is 0.816. The van der Waals surface area contributed by atoms with E-state index < -0.39 is 16.0 Å². The molecule has 108 valence electrons. The van der Waals surface area contributed by atoms with Gasteiger partial charge in [0.05, 0.1) is 17.0 Å². The monoisotopic (exact) mass is 359 g/mol. The Morgan fingerprint density at radius 3 is 2.55 bits per heavy atom. The minimum atomic E-state index is -3.81. The minimum absolute atomic E-state index is 0.0605. The Balaban J connectivity index is 3.47. The number of hydrogen-bond acceptors (Lipinski definition) is 3. The van der Waals surface area contributed by atoms with E-state index in [1.54, 1.807) is 13.8 Å². The van der Waals surface area contributed by atoms with E-state index in [1.165, 1.54) is 6.07 Å². The molecule has 0 atom stereocenters. The standard InChI is InChI=1S/C13H14BrNO4S/c1-4-6-15(5-2)20(18,19)10-7-11(13(16)17)9(3)12(14)8-10/h1,7-8H,5-6H2,2-3H3,(H,16,17). The fourth-order valence-corrected chi connectivity index (χ4v) is 3.67. The van der Waals surface area contributed by atoms with Crippen LogP contribution in [-0.4, -0.2) is 36.9 Å². The third kappa shape index (κ3) is 3.20. The summed E-state index contributed by atoms with van der Waals surface area (Å²) < 4.78 is 26.3. The van der Waals surface area contributed by atoms with E-state index >= 15 is 0 Å². The van der Waals surface area contributed by atoms with Gasteiger partial charge in [0.1, 0.15) is 0 Å². The first kappa shape index (κ1) is 16.7. The van der Waals surface area contributed by atoms with Crippen molar-refractivity contribution in [3.8, 4) is 12.3 Å². The number of rotatable bonds is 5. The van der Waals surface area contributed by atoms with Gasteiger partial charge >= 0.3 is 5.97 Å². The summed E-state index contributed by atoms with van der Waals surface area (Å²) in [4.78, 5) is 11.1. The Morgan fingerprint density at radius 2 is 2.10 bits per heavy atom. The molecule has 0 spiro atoms. The smallest absolute Gasteiger partial charge is 0.336 e. The SMILES string of the molecule is C#CCN(CC)S(=O)(=O)c1cc(Br)c(C)c(C(=O)O)c1. The third-order valence-electron chi connectivity index (χ3n) is 2.81. The predicted octanol–water partition coefficient (Wildman–Crippen LogP) is 2.10. The van der Waals surface area contributed by atoms with Crippen LogP contribution in [0, 0.1) is 19.3 Å². The second-order valence-electron chi connectivity index (χ2n) is 4.02. The van der Waals surface area contributed by atoms with E-state index in [0.717, 1.165) is 10.4 Å². The lowest BCUT2D eigenvalue weighted by Crippen LogP contribution is -2.31. The number of carbonyl (C=O) groups is 1. The molecular weight excluding hydrogens is 346 g/mol. The van der Waals surface area contributed by atoms with Gasteiger partial charge in [0.2, 0.25) is 10.0 Å². The number of benzene rings is 1. The van der Waals surface area contributed by atoms with E-state index in [1.807, 2.05) is 0 Å². The lowest BCUT2D eigenvalue weighted by Gasteiger charge is -2.19. The summed E-state index contributed by atoms with van der Waals surface area (Å²) in [6.45, 7) is 3.41. The van der Waals surface area contributed by atoms with Crippen LogP contribution in [0.4, 0.5) is 0 Å². The van der Waals surface area contributed by atoms with Crippen molar-refractivity contribution in [1.29, 1.82) is 0 Å². The number of carboxylic acid groups (broad SMARTS) is 1. The average Bonchev–Trinajstić information content (AvgIpc) is 2.38. The molecule has 1 aromatic rings. The van der Waals surface area contributed by atoms with Crippen LogP contribution >= 0.6 is 15.9 Å². The summed E-state index contributed by atoms with van der Waals surface area (Å²) in [5.41, 5.74) is 0.408. The van der Waals surface area contributed by atoms with Crippen molar-refractivity contribution < 1.29 is 18.3 Å². The van der Waals surface area contributed by atoms with E-state index in [4.69, 9.17) is 11.5 Å². The Kier molecular flexibility index (Phi) is 5.34. The number of aromatic carboxylic acids is 1. The van der Waals surface area contributed by atoms with Crippen LogP contribution in [0.5, 0.6) is 0 Å². The molecule has 0 aliphatic rings. The van der Waals surface area contributed by atoms with Crippen molar-refractivity contribution in [3.63, 3.8) is 0 Å². The molecule has 0 heterocycles. The first-order valence-corrected chi connectivity index (χ1v) is 7.96. The maximum atomic E-state index is 12.4. The second-order valence-corrected chi connectivity index (χ2v) is 6.81. The highest BCUT2D eigenvalue weighted by molar-refractivity contribution is 9.10. The summed E-state index contributed by atoms with van der Waals surface area (Å²) in [7, 11) is -3.81. The zero-order valence-electron chi connectivity index (χ0n) is 11.1. The van der Waals surface area contributed by atoms with Crippen LogP contribution in [0.15, 0.2) is 21.5 Å². The molecule has 5 nitrogen and oxygen atoms in total. The zero-order valence-corrected chi connectivity index (χ0v) is 13.5. The summed E-state index contributed by atoms with van der Waals surface area (Å²) >= 11 is 3.18. The molecule has 0 bridgehead atoms. The predicted molar refractivity (Wildman–Crippen MR) is 79.1 cm³/mol. The molecule has 0 unspecified atom stereocenters. The number of halogens is 1. The average molecular weight is 360 g/mol. The van der Waals surface area contributed by atoms with Gasteiger partial charge in [-0.1, -0.05) is 28.8 Å². The van der Waals surface area contributed by atoms with Gasteiger partial charge in [0.15, 0.2) is 0 Å². The molecular formula is C13H14BrNO4S. The van der Waals surface area contributed by atoms with Gasteiger partial charge < -0.3 is 5.11 Å². The van der Waals surface area contributed by atoms with Crippen molar-refractivity contribution in [3.05, 3.63) is 27.7 Å². The normalized spacial score (nSPS) is 11.3. The van der Waals surface area contributed by atoms with Crippen LogP contribution in [0.25, 0.3) is 0 Å². The van der Waals surface area contributed by atoms with Gasteiger partial charge in [-0.2, -0.15) is 4.31 Å². The van der Waals surface area contributed by atoms with Crippen molar-refractivity contribution in [2.24, 2.45) is 0 Å². The van der Waals surface area contributed by atoms with Crippen LogP contribution in [-0.2, 0) is 10.0 Å². The molecule has 0 radical (unpaired) electrons. The van der Waals surface area contributed by atoms with Gasteiger partial charge in [-0.25, -0.2) is 13.2 Å². The number of nitrogens with zero attached hydrogens (tertiary/aromatic N) is 1. The van der Waals surface area contributed by atoms with Crippen molar-refractivity contribution in [2.45, 2.75) is 18.7 Å². The zero-order chi connectivity index (χ0) is 15.5. The molecule has 0 saturated heterocycles. The molecule has 1 aromatic carbocycles. The molecule has 0 amide bonds. The molecule has 7 heteroatoms. The van der Waals surface area contributed by atoms with Crippen LogP contribution < -0.4 is 0 Å². The second kappa shape index (κ2) is 6.39. The minimum Gasteiger partial charge on any atom is -0.478 e. The Labute approximate surface area is 126 Å². The van der Waals surface area contributed by atoms with Crippen molar-refractivity contribution in [1.82, 2.24) is 4.31 Å². The fraction of sp³-hybridized carbons (Fsp3) is 0.308. The Morgan fingerprint density at radius 1 is 1.50 bits per heavy atom. The maximum absolute atomic E-state index is 12.4. The highest BCUT2D eigenvalue weighted by Gasteiger charge is 2.25. The summed E-state index contributed by atoms with van der Waals surface area (Å²) in [5, 5.41) is 9.12. The molecule has 0 aromatic heterocycles. The van der Waals surface area contributed by atoms with E-state index in [2.05, 4.69) is 21.9 Å². The molecule has 1 N–H and O–H groups in total. The summed E-state index contributed by atoms with van der Waals surface area (Å²) in [6, 6.07) is 2.53. The highest BCUT2D eigenvalue weighted by atomic mass is 79.9. The molecule has 0 saturated carbocycles. The number of carboxylic acids is 1. The molecule has 0 aliphatic carbocycles. The lowest BCUT2D eigenvalue weighted by atomic mass is 10.1. The van der Waals surface area contributed by atoms with Gasteiger partial charge in [0, 0.05) is 11.0 Å². The third-order valence-corrected chi connectivity index (χ3v) is 5.53. The summed E-state index contributed by atoms with van der Waals surface area (Å²) in [6.07, 6.45) is 5.15. The molecule has 20 heavy (non-hydrogen) atoms. The Bertz CT molecular complexity index is 676. The molecule has 0 fully saturated rings. The van der Waals surface area contributed by atoms with Crippen molar-refractivity contribution in [2.75, 3.05) is 13.1 Å².